The summed E-state index contributed by atoms with van der Waals surface area (Å²) in [7, 11) is 1.64. The maximum Gasteiger partial charge on any atom is 0.257 e. The van der Waals surface area contributed by atoms with Crippen molar-refractivity contribution in [1.29, 1.82) is 0 Å². The molecule has 0 aliphatic carbocycles. The molecular weight excluding hydrogens is 428 g/mol. The summed E-state index contributed by atoms with van der Waals surface area (Å²) in [6.07, 6.45) is 1.60. The fraction of sp³-hybridized carbons (Fsp3) is 0.333. The Bertz CT molecular complexity index is 1180. The van der Waals surface area contributed by atoms with Gasteiger partial charge in [-0.3, -0.25) is 14.5 Å². The lowest BCUT2D eigenvalue weighted by atomic mass is 9.96. The Balaban J connectivity index is 1.44. The van der Waals surface area contributed by atoms with Gasteiger partial charge in [0, 0.05) is 35.2 Å². The van der Waals surface area contributed by atoms with Crippen molar-refractivity contribution in [2.75, 3.05) is 25.5 Å². The highest BCUT2D eigenvalue weighted by Gasteiger charge is 2.23. The molecule has 0 unspecified atom stereocenters. The molecule has 1 fully saturated rings. The molecule has 0 radical (unpaired) electrons. The van der Waals surface area contributed by atoms with E-state index in [1.807, 2.05) is 62.4 Å². The second-order valence-corrected chi connectivity index (χ2v) is 8.93. The third-order valence-corrected chi connectivity index (χ3v) is 6.59. The van der Waals surface area contributed by atoms with Gasteiger partial charge in [0.2, 0.25) is 5.91 Å². The molecule has 178 valence electrons. The number of likely N-dealkylation sites (tertiary alicyclic amines) is 1. The van der Waals surface area contributed by atoms with E-state index >= 15 is 0 Å². The lowest BCUT2D eigenvalue weighted by Crippen LogP contribution is -2.38. The van der Waals surface area contributed by atoms with E-state index < -0.39 is 0 Å². The standard InChI is InChI=1S/C27H32N4O3/c1-18-15-25(19(2)31(18)23-7-9-24(34-3)10-8-23)27(33)29-22-6-4-5-20(16-22)17-30-13-11-21(12-14-30)26(28)32/h4-10,15-16,21H,11-14,17H2,1-3H3,(H2,28,32)(H,29,33). The van der Waals surface area contributed by atoms with Gasteiger partial charge in [0.25, 0.3) is 5.91 Å². The molecule has 1 saturated heterocycles. The van der Waals surface area contributed by atoms with Crippen molar-refractivity contribution in [2.24, 2.45) is 11.7 Å². The first kappa shape index (κ1) is 23.6. The van der Waals surface area contributed by atoms with Gasteiger partial charge in [0.05, 0.1) is 12.7 Å². The van der Waals surface area contributed by atoms with E-state index in [1.54, 1.807) is 7.11 Å². The molecule has 7 nitrogen and oxygen atoms in total. The SMILES string of the molecule is COc1ccc(-n2c(C)cc(C(=O)Nc3cccc(CN4CCC(C(N)=O)CC4)c3)c2C)cc1. The van der Waals surface area contributed by atoms with Crippen molar-refractivity contribution < 1.29 is 14.3 Å². The Kier molecular flexibility index (Phi) is 7.03. The highest BCUT2D eigenvalue weighted by atomic mass is 16.5. The minimum Gasteiger partial charge on any atom is -0.497 e. The molecule has 3 aromatic rings. The zero-order valence-electron chi connectivity index (χ0n) is 20.0. The summed E-state index contributed by atoms with van der Waals surface area (Å²) in [5.74, 6) is 0.447. The number of nitrogens with one attached hydrogen (secondary N) is 1. The first-order chi connectivity index (χ1) is 16.4. The summed E-state index contributed by atoms with van der Waals surface area (Å²) in [6.45, 7) is 6.43. The fourth-order valence-corrected chi connectivity index (χ4v) is 4.70. The number of aryl methyl sites for hydroxylation is 1. The van der Waals surface area contributed by atoms with Crippen LogP contribution in [0.4, 0.5) is 5.69 Å². The number of ether oxygens (including phenoxy) is 1. The summed E-state index contributed by atoms with van der Waals surface area (Å²) >= 11 is 0. The number of hydrogen-bond donors (Lipinski definition) is 2. The van der Waals surface area contributed by atoms with Crippen molar-refractivity contribution in [2.45, 2.75) is 33.2 Å². The summed E-state index contributed by atoms with van der Waals surface area (Å²) in [6, 6.07) is 17.6. The van der Waals surface area contributed by atoms with Gasteiger partial charge in [-0.15, -0.1) is 0 Å². The van der Waals surface area contributed by atoms with E-state index in [-0.39, 0.29) is 17.7 Å². The normalized spacial score (nSPS) is 14.7. The molecule has 0 bridgehead atoms. The average molecular weight is 461 g/mol. The molecule has 4 rings (SSSR count). The van der Waals surface area contributed by atoms with Gasteiger partial charge < -0.3 is 20.4 Å². The van der Waals surface area contributed by atoms with E-state index in [2.05, 4.69) is 20.9 Å². The molecular formula is C27H32N4O3. The Morgan fingerprint density at radius 3 is 2.41 bits per heavy atom. The molecule has 3 N–H and O–H groups in total. The highest BCUT2D eigenvalue weighted by molar-refractivity contribution is 6.05. The molecule has 34 heavy (non-hydrogen) atoms. The molecule has 0 saturated carbocycles. The maximum atomic E-state index is 13.1. The molecule has 0 spiro atoms. The number of carbonyl (C=O) groups excluding carboxylic acids is 2. The van der Waals surface area contributed by atoms with Gasteiger partial charge in [0.15, 0.2) is 0 Å². The quantitative estimate of drug-likeness (QED) is 0.557. The molecule has 2 amide bonds. The Morgan fingerprint density at radius 1 is 1.06 bits per heavy atom. The molecule has 7 heteroatoms. The fourth-order valence-electron chi connectivity index (χ4n) is 4.70. The number of benzene rings is 2. The van der Waals surface area contributed by atoms with Crippen LogP contribution in [0.15, 0.2) is 54.6 Å². The van der Waals surface area contributed by atoms with Gasteiger partial charge in [-0.25, -0.2) is 0 Å². The Hall–Kier alpha value is -3.58. The number of aromatic nitrogens is 1. The van der Waals surface area contributed by atoms with Gasteiger partial charge in [-0.2, -0.15) is 0 Å². The number of methoxy groups -OCH3 is 1. The second-order valence-electron chi connectivity index (χ2n) is 8.93. The average Bonchev–Trinajstić information content (AvgIpc) is 3.13. The lowest BCUT2D eigenvalue weighted by molar-refractivity contribution is -0.123. The van der Waals surface area contributed by atoms with Crippen LogP contribution in [-0.2, 0) is 11.3 Å². The molecule has 1 aromatic heterocycles. The molecule has 0 atom stereocenters. The van der Waals surface area contributed by atoms with Crippen LogP contribution >= 0.6 is 0 Å². The van der Waals surface area contributed by atoms with Crippen molar-refractivity contribution >= 4 is 17.5 Å². The number of nitrogens with zero attached hydrogens (tertiary/aromatic N) is 2. The maximum absolute atomic E-state index is 13.1. The van der Waals surface area contributed by atoms with E-state index in [9.17, 15) is 9.59 Å². The minimum atomic E-state index is -0.198. The lowest BCUT2D eigenvalue weighted by Gasteiger charge is -2.30. The van der Waals surface area contributed by atoms with Crippen molar-refractivity contribution in [3.05, 3.63) is 77.1 Å². The van der Waals surface area contributed by atoms with E-state index in [4.69, 9.17) is 10.5 Å². The third-order valence-electron chi connectivity index (χ3n) is 6.59. The predicted octanol–water partition coefficient (Wildman–Crippen LogP) is 4.05. The molecule has 1 aliphatic rings. The van der Waals surface area contributed by atoms with Crippen LogP contribution in [0.3, 0.4) is 0 Å². The van der Waals surface area contributed by atoms with Crippen molar-refractivity contribution in [1.82, 2.24) is 9.47 Å². The molecule has 2 aromatic carbocycles. The smallest absolute Gasteiger partial charge is 0.257 e. The number of piperidine rings is 1. The highest BCUT2D eigenvalue weighted by Crippen LogP contribution is 2.24. The van der Waals surface area contributed by atoms with Gasteiger partial charge in [-0.05, 0) is 87.8 Å². The first-order valence-electron chi connectivity index (χ1n) is 11.6. The monoisotopic (exact) mass is 460 g/mol. The number of primary amides is 1. The molecule has 2 heterocycles. The zero-order chi connectivity index (χ0) is 24.2. The Morgan fingerprint density at radius 2 is 1.76 bits per heavy atom. The van der Waals surface area contributed by atoms with Crippen LogP contribution in [0.25, 0.3) is 5.69 Å². The molecule has 1 aliphatic heterocycles. The zero-order valence-corrected chi connectivity index (χ0v) is 20.0. The number of amides is 2. The topological polar surface area (TPSA) is 89.6 Å². The number of nitrogens with two attached hydrogens (primary N) is 1. The van der Waals surface area contributed by atoms with Crippen LogP contribution in [0.5, 0.6) is 5.75 Å². The third kappa shape index (κ3) is 5.15. The number of carbonyl (C=O) groups is 2. The summed E-state index contributed by atoms with van der Waals surface area (Å²) < 4.78 is 7.32. The van der Waals surface area contributed by atoms with Gasteiger partial charge >= 0.3 is 0 Å². The van der Waals surface area contributed by atoms with Crippen molar-refractivity contribution in [3.8, 4) is 11.4 Å². The predicted molar refractivity (Wildman–Crippen MR) is 133 cm³/mol. The number of anilines is 1. The number of rotatable bonds is 7. The number of hydrogen-bond acceptors (Lipinski definition) is 4. The Labute approximate surface area is 200 Å². The largest absolute Gasteiger partial charge is 0.497 e. The van der Waals surface area contributed by atoms with E-state index in [1.165, 1.54) is 0 Å². The van der Waals surface area contributed by atoms with Gasteiger partial charge in [-0.1, -0.05) is 12.1 Å². The van der Waals surface area contributed by atoms with Crippen LogP contribution in [0, 0.1) is 19.8 Å². The van der Waals surface area contributed by atoms with Gasteiger partial charge in [0.1, 0.15) is 5.75 Å². The van der Waals surface area contributed by atoms with Crippen LogP contribution in [0.2, 0.25) is 0 Å². The minimum absolute atomic E-state index is 0.0150. The van der Waals surface area contributed by atoms with Crippen LogP contribution in [0.1, 0.15) is 40.2 Å². The summed E-state index contributed by atoms with van der Waals surface area (Å²) in [5, 5.41) is 3.06. The summed E-state index contributed by atoms with van der Waals surface area (Å²) in [5.41, 5.74) is 10.8. The van der Waals surface area contributed by atoms with Crippen molar-refractivity contribution in [3.63, 3.8) is 0 Å². The van der Waals surface area contributed by atoms with Crippen LogP contribution < -0.4 is 15.8 Å². The van der Waals surface area contributed by atoms with E-state index in [0.29, 0.717) is 5.56 Å². The second kappa shape index (κ2) is 10.1. The van der Waals surface area contributed by atoms with E-state index in [0.717, 1.165) is 66.6 Å². The first-order valence-corrected chi connectivity index (χ1v) is 11.6. The summed E-state index contributed by atoms with van der Waals surface area (Å²) in [4.78, 5) is 26.9. The van der Waals surface area contributed by atoms with Crippen LogP contribution in [-0.4, -0.2) is 41.5 Å².